The summed E-state index contributed by atoms with van der Waals surface area (Å²) < 4.78 is 27.9. The predicted octanol–water partition coefficient (Wildman–Crippen LogP) is -2.79. The van der Waals surface area contributed by atoms with Gasteiger partial charge in [-0.3, -0.25) is 4.55 Å². The second kappa shape index (κ2) is 8.23. The fourth-order valence-corrected chi connectivity index (χ4v) is 0. The Bertz CT molecular complexity index is 115. The van der Waals surface area contributed by atoms with Crippen molar-refractivity contribution < 1.29 is 29.4 Å². The average molecular weight is 230 g/mol. The van der Waals surface area contributed by atoms with Crippen molar-refractivity contribution in [3.8, 4) is 0 Å². The molecule has 9 heavy (non-hydrogen) atoms. The summed E-state index contributed by atoms with van der Waals surface area (Å²) in [6.07, 6.45) is 0. The molecule has 0 bridgehead atoms. The van der Waals surface area contributed by atoms with Crippen LogP contribution in [0.1, 0.15) is 0 Å². The molecule has 0 saturated carbocycles. The molecule has 0 aromatic rings. The van der Waals surface area contributed by atoms with Gasteiger partial charge in [0.1, 0.15) is 0 Å². The maximum Gasteiger partial charge on any atom is 0.343 e. The Hall–Kier alpha value is 0.230. The Morgan fingerprint density at radius 1 is 1.22 bits per heavy atom. The maximum absolute atomic E-state index is 9.40. The molecule has 9 heteroatoms. The lowest BCUT2D eigenvalue weighted by molar-refractivity contribution is 0.481. The summed E-state index contributed by atoms with van der Waals surface area (Å²) in [5.74, 6) is 0. The van der Waals surface area contributed by atoms with E-state index in [9.17, 15) is 8.42 Å². The lowest BCUT2D eigenvalue weighted by Crippen LogP contribution is -2.09. The SMILES string of the molecule is O.O.O.O=S(=O)(O)NBr. The standard InChI is InChI=1S/BrH2NO3S.3H2O/c1-2-6(3,4)5;;;/h2H,(H,3,4,5);3*1H2. The normalized spacial score (nSPS) is 7.78. The molecule has 0 aliphatic rings. The maximum atomic E-state index is 9.40. The first-order valence-electron chi connectivity index (χ1n) is 0.909. The lowest BCUT2D eigenvalue weighted by Gasteiger charge is -1.81. The molecule has 0 spiro atoms. The molecule has 0 atom stereocenters. The van der Waals surface area contributed by atoms with Crippen LogP contribution in [-0.2, 0) is 10.3 Å². The van der Waals surface area contributed by atoms with Gasteiger partial charge in [0.25, 0.3) is 0 Å². The lowest BCUT2D eigenvalue weighted by atomic mass is 13.9. The van der Waals surface area contributed by atoms with Gasteiger partial charge in [0.2, 0.25) is 0 Å². The van der Waals surface area contributed by atoms with Crippen molar-refractivity contribution >= 4 is 26.5 Å². The van der Waals surface area contributed by atoms with E-state index in [2.05, 4.69) is 16.1 Å². The molecule has 8 N–H and O–H groups in total. The van der Waals surface area contributed by atoms with E-state index in [-0.39, 0.29) is 16.4 Å². The molecule has 0 aliphatic carbocycles. The first kappa shape index (κ1) is 22.9. The van der Waals surface area contributed by atoms with Crippen LogP contribution in [0.2, 0.25) is 0 Å². The van der Waals surface area contributed by atoms with Gasteiger partial charge >= 0.3 is 10.3 Å². The fourth-order valence-electron chi connectivity index (χ4n) is 0. The highest BCUT2D eigenvalue weighted by atomic mass is 79.9. The molecule has 0 fully saturated rings. The zero-order valence-electron chi connectivity index (χ0n) is 4.05. The highest BCUT2D eigenvalue weighted by Crippen LogP contribution is 1.74. The van der Waals surface area contributed by atoms with Crippen molar-refractivity contribution in [3.63, 3.8) is 0 Å². The Morgan fingerprint density at radius 2 is 1.33 bits per heavy atom. The molecule has 0 aliphatic heterocycles. The summed E-state index contributed by atoms with van der Waals surface area (Å²) in [4.78, 5) is 0. The van der Waals surface area contributed by atoms with Gasteiger partial charge in [-0.05, 0) is 0 Å². The smallest absolute Gasteiger partial charge is 0.343 e. The van der Waals surface area contributed by atoms with Gasteiger partial charge in [-0.25, -0.2) is 0 Å². The van der Waals surface area contributed by atoms with Crippen LogP contribution in [0.4, 0.5) is 0 Å². The fraction of sp³-hybridized carbons (Fsp3) is 0. The van der Waals surface area contributed by atoms with Crippen LogP contribution in [0.5, 0.6) is 0 Å². The monoisotopic (exact) mass is 229 g/mol. The number of rotatable bonds is 1. The van der Waals surface area contributed by atoms with E-state index in [1.54, 1.807) is 0 Å². The first-order valence-corrected chi connectivity index (χ1v) is 3.14. The summed E-state index contributed by atoms with van der Waals surface area (Å²) >= 11 is 2.28. The topological polar surface area (TPSA) is 161 Å². The molecular weight excluding hydrogens is 222 g/mol. The minimum Gasteiger partial charge on any atom is -0.412 e. The van der Waals surface area contributed by atoms with Crippen molar-refractivity contribution in [2.45, 2.75) is 0 Å². The van der Waals surface area contributed by atoms with E-state index in [0.717, 1.165) is 0 Å². The second-order valence-corrected chi connectivity index (χ2v) is 2.63. The third kappa shape index (κ3) is 30.6. The van der Waals surface area contributed by atoms with E-state index >= 15 is 0 Å². The molecule has 0 saturated heterocycles. The summed E-state index contributed by atoms with van der Waals surface area (Å²) in [6, 6.07) is 0. The van der Waals surface area contributed by atoms with Gasteiger partial charge in [0.15, 0.2) is 0 Å². The van der Waals surface area contributed by atoms with E-state index in [0.29, 0.717) is 0 Å². The van der Waals surface area contributed by atoms with E-state index in [4.69, 9.17) is 4.55 Å². The molecular formula is H8BrNO6S. The average Bonchev–Trinajstić information content (AvgIpc) is 1.35. The van der Waals surface area contributed by atoms with Crippen LogP contribution in [-0.4, -0.2) is 29.4 Å². The molecule has 0 aromatic heterocycles. The summed E-state index contributed by atoms with van der Waals surface area (Å²) in [5, 5.41) is 0. The summed E-state index contributed by atoms with van der Waals surface area (Å²) in [5.41, 5.74) is 0. The number of halogens is 1. The van der Waals surface area contributed by atoms with Gasteiger partial charge in [-0.1, -0.05) is 0 Å². The number of nitrogens with one attached hydrogen (secondary N) is 1. The molecule has 62 valence electrons. The van der Waals surface area contributed by atoms with Gasteiger partial charge in [-0.2, -0.15) is 8.42 Å². The summed E-state index contributed by atoms with van der Waals surface area (Å²) in [7, 11) is -4.00. The quantitative estimate of drug-likeness (QED) is 0.368. The minimum atomic E-state index is -4.00. The zero-order valence-corrected chi connectivity index (χ0v) is 6.45. The van der Waals surface area contributed by atoms with Crippen LogP contribution in [0, 0.1) is 0 Å². The third-order valence-corrected chi connectivity index (χ3v) is 1.52. The van der Waals surface area contributed by atoms with Crippen molar-refractivity contribution in [1.29, 1.82) is 0 Å². The van der Waals surface area contributed by atoms with Gasteiger partial charge in [0, 0.05) is 16.1 Å². The van der Waals surface area contributed by atoms with Crippen LogP contribution >= 0.6 is 16.1 Å². The number of hydrogen-bond donors (Lipinski definition) is 2. The van der Waals surface area contributed by atoms with Crippen molar-refractivity contribution in [1.82, 2.24) is 3.75 Å². The molecule has 7 nitrogen and oxygen atoms in total. The molecule has 0 amide bonds. The molecule has 0 aromatic carbocycles. The highest BCUT2D eigenvalue weighted by molar-refractivity contribution is 9.09. The highest BCUT2D eigenvalue weighted by Gasteiger charge is 1.93. The minimum absolute atomic E-state index is 0. The van der Waals surface area contributed by atoms with Crippen LogP contribution in [0.15, 0.2) is 0 Å². The van der Waals surface area contributed by atoms with Crippen LogP contribution < -0.4 is 3.75 Å². The largest absolute Gasteiger partial charge is 0.412 e. The van der Waals surface area contributed by atoms with Gasteiger partial charge < -0.3 is 16.4 Å². The van der Waals surface area contributed by atoms with Crippen molar-refractivity contribution in [2.75, 3.05) is 0 Å². The molecule has 0 rings (SSSR count). The predicted molar refractivity (Wildman–Crippen MR) is 34.5 cm³/mol. The Kier molecular flexibility index (Phi) is 20.9. The van der Waals surface area contributed by atoms with E-state index in [1.807, 2.05) is 0 Å². The summed E-state index contributed by atoms with van der Waals surface area (Å²) in [6.45, 7) is 0. The Balaban J connectivity index is -0.0000000417. The van der Waals surface area contributed by atoms with Crippen molar-refractivity contribution in [2.24, 2.45) is 0 Å². The van der Waals surface area contributed by atoms with E-state index in [1.165, 1.54) is 3.75 Å². The van der Waals surface area contributed by atoms with Gasteiger partial charge in [0.05, 0.1) is 0 Å². The van der Waals surface area contributed by atoms with Crippen molar-refractivity contribution in [3.05, 3.63) is 0 Å². The molecule has 0 heterocycles. The van der Waals surface area contributed by atoms with E-state index < -0.39 is 10.3 Å². The molecule has 0 unspecified atom stereocenters. The Labute approximate surface area is 60.2 Å². The van der Waals surface area contributed by atoms with Crippen LogP contribution in [0.3, 0.4) is 0 Å². The van der Waals surface area contributed by atoms with Crippen LogP contribution in [0.25, 0.3) is 0 Å². The zero-order chi connectivity index (χ0) is 5.21. The number of hydrogen-bond acceptors (Lipinski definition) is 2. The third-order valence-electron chi connectivity index (χ3n) is 0.0975. The second-order valence-electron chi connectivity index (χ2n) is 0.552. The molecule has 0 radical (unpaired) electrons. The first-order chi connectivity index (χ1) is 2.56. The van der Waals surface area contributed by atoms with Gasteiger partial charge in [-0.15, -0.1) is 3.75 Å². The Morgan fingerprint density at radius 3 is 1.33 bits per heavy atom.